The van der Waals surface area contributed by atoms with E-state index in [0.717, 1.165) is 37.2 Å². The van der Waals surface area contributed by atoms with Crippen molar-refractivity contribution >= 4 is 45.4 Å². The van der Waals surface area contributed by atoms with Gasteiger partial charge in [0.1, 0.15) is 0 Å². The van der Waals surface area contributed by atoms with Crippen molar-refractivity contribution in [3.05, 3.63) is 71.5 Å². The molecule has 0 bridgehead atoms. The van der Waals surface area contributed by atoms with E-state index >= 15 is 0 Å². The third kappa shape index (κ3) is 4.38. The summed E-state index contributed by atoms with van der Waals surface area (Å²) in [5.41, 5.74) is 7.26. The molecular formula is C21H19N5OS2. The quantitative estimate of drug-likeness (QED) is 0.286. The van der Waals surface area contributed by atoms with Crippen molar-refractivity contribution < 1.29 is 4.79 Å². The topological polar surface area (TPSA) is 72.2 Å². The number of carbonyl (C=O) groups excluding carboxylic acids is 1. The molecule has 0 aliphatic carbocycles. The Kier molecular flexibility index (Phi) is 5.73. The molecule has 1 N–H and O–H groups in total. The maximum absolute atomic E-state index is 12.1. The second-order valence-electron chi connectivity index (χ2n) is 6.36. The van der Waals surface area contributed by atoms with Gasteiger partial charge in [0.15, 0.2) is 4.34 Å². The number of amides is 1. The highest BCUT2D eigenvalue weighted by Gasteiger charge is 2.11. The van der Waals surface area contributed by atoms with E-state index in [1.807, 2.05) is 73.1 Å². The SMILES string of the molecule is Cc1nn(-c2ccccc2)c(C)c1/C=N/NC(=O)CSc1nc2ccccc2s1. The predicted molar refractivity (Wildman–Crippen MR) is 119 cm³/mol. The Hall–Kier alpha value is -2.97. The molecule has 146 valence electrons. The van der Waals surface area contributed by atoms with Crippen molar-refractivity contribution in [2.45, 2.75) is 18.2 Å². The van der Waals surface area contributed by atoms with Gasteiger partial charge in [-0.15, -0.1) is 11.3 Å². The van der Waals surface area contributed by atoms with Crippen LogP contribution < -0.4 is 5.43 Å². The first-order valence-electron chi connectivity index (χ1n) is 9.04. The Balaban J connectivity index is 1.37. The van der Waals surface area contributed by atoms with Gasteiger partial charge in [0.2, 0.25) is 0 Å². The van der Waals surface area contributed by atoms with Crippen molar-refractivity contribution in [1.82, 2.24) is 20.2 Å². The van der Waals surface area contributed by atoms with E-state index in [-0.39, 0.29) is 11.7 Å². The zero-order valence-electron chi connectivity index (χ0n) is 16.0. The monoisotopic (exact) mass is 421 g/mol. The van der Waals surface area contributed by atoms with Gasteiger partial charge < -0.3 is 0 Å². The zero-order chi connectivity index (χ0) is 20.2. The van der Waals surface area contributed by atoms with Gasteiger partial charge in [0, 0.05) is 5.56 Å². The summed E-state index contributed by atoms with van der Waals surface area (Å²) in [4.78, 5) is 16.6. The maximum Gasteiger partial charge on any atom is 0.250 e. The number of aryl methyl sites for hydroxylation is 1. The van der Waals surface area contributed by atoms with Gasteiger partial charge in [0.25, 0.3) is 5.91 Å². The number of para-hydroxylation sites is 2. The summed E-state index contributed by atoms with van der Waals surface area (Å²) in [5.74, 6) is 0.0922. The van der Waals surface area contributed by atoms with Crippen LogP contribution in [0.5, 0.6) is 0 Å². The Morgan fingerprint density at radius 3 is 2.72 bits per heavy atom. The first kappa shape index (κ1) is 19.4. The van der Waals surface area contributed by atoms with E-state index in [9.17, 15) is 4.79 Å². The maximum atomic E-state index is 12.1. The second kappa shape index (κ2) is 8.59. The second-order valence-corrected chi connectivity index (χ2v) is 8.61. The number of nitrogens with one attached hydrogen (secondary N) is 1. The summed E-state index contributed by atoms with van der Waals surface area (Å²) in [6, 6.07) is 17.9. The highest BCUT2D eigenvalue weighted by Crippen LogP contribution is 2.29. The Morgan fingerprint density at radius 1 is 1.17 bits per heavy atom. The average Bonchev–Trinajstić information content (AvgIpc) is 3.28. The largest absolute Gasteiger partial charge is 0.272 e. The van der Waals surface area contributed by atoms with Crippen molar-refractivity contribution in [3.63, 3.8) is 0 Å². The lowest BCUT2D eigenvalue weighted by Crippen LogP contribution is -2.19. The van der Waals surface area contributed by atoms with Crippen molar-refractivity contribution in [2.24, 2.45) is 5.10 Å². The minimum Gasteiger partial charge on any atom is -0.272 e. The smallest absolute Gasteiger partial charge is 0.250 e. The molecule has 0 radical (unpaired) electrons. The number of rotatable bonds is 6. The molecule has 0 aliphatic rings. The van der Waals surface area contributed by atoms with Gasteiger partial charge >= 0.3 is 0 Å². The van der Waals surface area contributed by atoms with Crippen LogP contribution in [0.3, 0.4) is 0 Å². The molecule has 2 heterocycles. The normalized spacial score (nSPS) is 11.4. The highest BCUT2D eigenvalue weighted by atomic mass is 32.2. The Labute approximate surface area is 176 Å². The number of nitrogens with zero attached hydrogens (tertiary/aromatic N) is 4. The molecule has 2 aromatic carbocycles. The molecular weight excluding hydrogens is 402 g/mol. The number of thiazole rings is 1. The minimum absolute atomic E-state index is 0.170. The standard InChI is InChI=1S/C21H19N5OS2/c1-14-17(15(2)26(25-14)16-8-4-3-5-9-16)12-22-24-20(27)13-28-21-23-18-10-6-7-11-19(18)29-21/h3-12H,13H2,1-2H3,(H,24,27)/b22-12+. The molecule has 29 heavy (non-hydrogen) atoms. The predicted octanol–water partition coefficient (Wildman–Crippen LogP) is 4.34. The molecule has 1 amide bonds. The lowest BCUT2D eigenvalue weighted by Gasteiger charge is -2.03. The van der Waals surface area contributed by atoms with Gasteiger partial charge in [0.05, 0.1) is 39.3 Å². The summed E-state index contributed by atoms with van der Waals surface area (Å²) >= 11 is 3.00. The molecule has 8 heteroatoms. The van der Waals surface area contributed by atoms with Crippen LogP contribution in [0.4, 0.5) is 0 Å². The third-order valence-corrected chi connectivity index (χ3v) is 6.51. The Morgan fingerprint density at radius 2 is 1.93 bits per heavy atom. The van der Waals surface area contributed by atoms with Crippen molar-refractivity contribution in [3.8, 4) is 5.69 Å². The first-order chi connectivity index (χ1) is 14.1. The summed E-state index contributed by atoms with van der Waals surface area (Å²) in [6.45, 7) is 3.91. The van der Waals surface area contributed by atoms with Crippen LogP contribution >= 0.6 is 23.1 Å². The van der Waals surface area contributed by atoms with E-state index in [2.05, 4.69) is 20.6 Å². The fraction of sp³-hybridized carbons (Fsp3) is 0.143. The van der Waals surface area contributed by atoms with Crippen LogP contribution in [-0.2, 0) is 4.79 Å². The van der Waals surface area contributed by atoms with Crippen LogP contribution in [0.25, 0.3) is 15.9 Å². The van der Waals surface area contributed by atoms with Gasteiger partial charge in [-0.3, -0.25) is 4.79 Å². The van der Waals surface area contributed by atoms with Gasteiger partial charge in [-0.2, -0.15) is 10.2 Å². The van der Waals surface area contributed by atoms with Gasteiger partial charge in [-0.05, 0) is 38.1 Å². The number of fused-ring (bicyclic) bond motifs is 1. The fourth-order valence-electron chi connectivity index (χ4n) is 2.90. The van der Waals surface area contributed by atoms with Crippen LogP contribution in [-0.4, -0.2) is 32.6 Å². The number of hydrogen-bond acceptors (Lipinski definition) is 6. The van der Waals surface area contributed by atoms with Gasteiger partial charge in [-0.1, -0.05) is 42.1 Å². The molecule has 0 atom stereocenters. The zero-order valence-corrected chi connectivity index (χ0v) is 17.6. The van der Waals surface area contributed by atoms with Gasteiger partial charge in [-0.25, -0.2) is 15.1 Å². The Bertz CT molecular complexity index is 1150. The third-order valence-electron chi connectivity index (χ3n) is 4.33. The summed E-state index contributed by atoms with van der Waals surface area (Å²) in [5, 5.41) is 8.69. The highest BCUT2D eigenvalue weighted by molar-refractivity contribution is 8.01. The van der Waals surface area contributed by atoms with E-state index < -0.39 is 0 Å². The molecule has 0 spiro atoms. The van der Waals surface area contributed by atoms with Crippen LogP contribution in [0, 0.1) is 13.8 Å². The molecule has 0 aliphatic heterocycles. The molecule has 0 unspecified atom stereocenters. The lowest BCUT2D eigenvalue weighted by atomic mass is 10.2. The molecule has 0 saturated heterocycles. The number of carbonyl (C=O) groups is 1. The summed E-state index contributed by atoms with van der Waals surface area (Å²) in [6.07, 6.45) is 1.65. The van der Waals surface area contributed by atoms with E-state index in [1.54, 1.807) is 17.6 Å². The summed E-state index contributed by atoms with van der Waals surface area (Å²) < 4.78 is 3.87. The van der Waals surface area contributed by atoms with E-state index in [4.69, 9.17) is 0 Å². The number of hydrazone groups is 1. The van der Waals surface area contributed by atoms with Crippen LogP contribution in [0.2, 0.25) is 0 Å². The number of hydrogen-bond donors (Lipinski definition) is 1. The average molecular weight is 422 g/mol. The summed E-state index contributed by atoms with van der Waals surface area (Å²) in [7, 11) is 0. The minimum atomic E-state index is -0.170. The molecule has 4 aromatic rings. The van der Waals surface area contributed by atoms with Crippen LogP contribution in [0.1, 0.15) is 17.0 Å². The lowest BCUT2D eigenvalue weighted by molar-refractivity contribution is -0.118. The fourth-order valence-corrected chi connectivity index (χ4v) is 4.76. The first-order valence-corrected chi connectivity index (χ1v) is 10.8. The molecule has 0 fully saturated rings. The number of aromatic nitrogens is 3. The number of benzene rings is 2. The van der Waals surface area contributed by atoms with Crippen molar-refractivity contribution in [2.75, 3.05) is 5.75 Å². The van der Waals surface area contributed by atoms with Crippen molar-refractivity contribution in [1.29, 1.82) is 0 Å². The molecule has 2 aromatic heterocycles. The molecule has 4 rings (SSSR count). The van der Waals surface area contributed by atoms with Crippen LogP contribution in [0.15, 0.2) is 64.0 Å². The number of thioether (sulfide) groups is 1. The van der Waals surface area contributed by atoms with E-state index in [0.29, 0.717) is 0 Å². The van der Waals surface area contributed by atoms with E-state index in [1.165, 1.54) is 11.8 Å². The molecule has 0 saturated carbocycles. The molecule has 6 nitrogen and oxygen atoms in total.